The van der Waals surface area contributed by atoms with E-state index in [-0.39, 0.29) is 103 Å². The fraction of sp³-hybridized carbons (Fsp3) is 0.100. The molecule has 1 aliphatic rings. The van der Waals surface area contributed by atoms with Gasteiger partial charge in [0.05, 0.1) is 4.90 Å². The Bertz CT molecular complexity index is 1720. The molecule has 3 aromatic rings. The number of anilines is 2. The molecule has 0 spiro atoms. The number of aromatic nitrogens is 6. The van der Waals surface area contributed by atoms with Crippen molar-refractivity contribution in [2.75, 3.05) is 10.6 Å². The second-order valence-corrected chi connectivity index (χ2v) is 11.9. The van der Waals surface area contributed by atoms with Crippen molar-refractivity contribution in [2.45, 2.75) is 17.0 Å². The summed E-state index contributed by atoms with van der Waals surface area (Å²) in [5.74, 6) is -0.464. The van der Waals surface area contributed by atoms with Crippen LogP contribution in [-0.4, -0.2) is 61.5 Å². The number of hydrogen-bond acceptors (Lipinski definition) is 14. The maximum Gasteiger partial charge on any atom is 1.00 e. The van der Waals surface area contributed by atoms with Crippen LogP contribution in [-0.2, 0) is 20.2 Å². The number of nitrogens with one attached hydrogen (secondary N) is 2. The Balaban J connectivity index is 0.00000308. The molecule has 2 aromatic heterocycles. The van der Waals surface area contributed by atoms with Gasteiger partial charge in [0.1, 0.15) is 25.9 Å². The standard InChI is InChI=1S/C20H14Cl4N8O6S2.2Na/c21-14-25-15(22)28-18(27-14)31-20(32-19-29-16(23)26-17(24)30-19)8-7-11(13(9-20)40(36,37)38)6-5-10-3-1-2-4-12(10)39(33,34)35;;/h1-8H,9H2,(H,33,34,35)(H,36,37,38)(H,25,27,28,31)(H,26,29,30,32);;/q;2*+1/p-2. The molecular weight excluding hydrogens is 700 g/mol. The third kappa shape index (κ3) is 9.77. The quantitative estimate of drug-likeness (QED) is 0.138. The number of nitrogens with zero attached hydrogens (tertiary/aromatic N) is 6. The van der Waals surface area contributed by atoms with E-state index in [0.29, 0.717) is 0 Å². The van der Waals surface area contributed by atoms with E-state index in [1.807, 2.05) is 0 Å². The molecule has 1 aromatic carbocycles. The number of hydrogen-bond donors (Lipinski definition) is 2. The molecule has 1 aliphatic carbocycles. The van der Waals surface area contributed by atoms with Gasteiger partial charge in [-0.2, -0.15) is 29.9 Å². The molecule has 4 rings (SSSR count). The van der Waals surface area contributed by atoms with Gasteiger partial charge in [0.2, 0.25) is 33.0 Å². The number of rotatable bonds is 8. The predicted octanol–water partition coefficient (Wildman–Crippen LogP) is -2.72. The Labute approximate surface area is 303 Å². The van der Waals surface area contributed by atoms with E-state index in [4.69, 9.17) is 46.4 Å². The van der Waals surface area contributed by atoms with Crippen molar-refractivity contribution < 1.29 is 85.1 Å². The summed E-state index contributed by atoms with van der Waals surface area (Å²) in [5.41, 5.74) is -1.88. The number of benzene rings is 1. The Morgan fingerprint density at radius 3 is 1.67 bits per heavy atom. The Morgan fingerprint density at radius 1 is 0.738 bits per heavy atom. The second kappa shape index (κ2) is 14.9. The van der Waals surface area contributed by atoms with Crippen LogP contribution in [0.2, 0.25) is 21.1 Å². The van der Waals surface area contributed by atoms with Gasteiger partial charge in [-0.15, -0.1) is 0 Å². The summed E-state index contributed by atoms with van der Waals surface area (Å²) in [7, 11) is -10.00. The molecule has 2 N–H and O–H groups in total. The summed E-state index contributed by atoms with van der Waals surface area (Å²) in [6, 6.07) is 5.24. The van der Waals surface area contributed by atoms with Gasteiger partial charge in [0.25, 0.3) is 0 Å². The summed E-state index contributed by atoms with van der Waals surface area (Å²) in [4.78, 5) is 21.6. The summed E-state index contributed by atoms with van der Waals surface area (Å²) < 4.78 is 72.0. The van der Waals surface area contributed by atoms with Crippen molar-refractivity contribution in [3.63, 3.8) is 0 Å². The van der Waals surface area contributed by atoms with Crippen LogP contribution in [0.3, 0.4) is 0 Å². The molecule has 0 saturated carbocycles. The third-order valence-electron chi connectivity index (χ3n) is 5.07. The van der Waals surface area contributed by atoms with Crippen LogP contribution >= 0.6 is 46.4 Å². The average molecular weight is 712 g/mol. The molecule has 0 radical (unpaired) electrons. The van der Waals surface area contributed by atoms with E-state index in [1.54, 1.807) is 0 Å². The summed E-state index contributed by atoms with van der Waals surface area (Å²) in [6.07, 6.45) is 4.34. The monoisotopic (exact) mass is 710 g/mol. The SMILES string of the molecule is O=S(=O)([O-])C1=C(C=Cc2ccccc2S(=O)(=O)[O-])C=CC(Nc2nc(Cl)nc(Cl)n2)(Nc2nc(Cl)nc(Cl)n2)C1.[Na+].[Na+]. The van der Waals surface area contributed by atoms with E-state index in [1.165, 1.54) is 42.5 Å². The third-order valence-corrected chi connectivity index (χ3v) is 7.64. The van der Waals surface area contributed by atoms with Gasteiger partial charge >= 0.3 is 59.1 Å². The van der Waals surface area contributed by atoms with Crippen LogP contribution in [0.1, 0.15) is 12.0 Å². The molecule has 0 unspecified atom stereocenters. The molecule has 0 bridgehead atoms. The molecule has 0 fully saturated rings. The Morgan fingerprint density at radius 2 is 1.21 bits per heavy atom. The van der Waals surface area contributed by atoms with Crippen molar-refractivity contribution in [2.24, 2.45) is 0 Å². The van der Waals surface area contributed by atoms with Crippen molar-refractivity contribution in [3.05, 3.63) is 79.7 Å². The summed E-state index contributed by atoms with van der Waals surface area (Å²) >= 11 is 23.4. The van der Waals surface area contributed by atoms with Crippen LogP contribution in [0.5, 0.6) is 0 Å². The van der Waals surface area contributed by atoms with Crippen LogP contribution in [0, 0.1) is 0 Å². The summed E-state index contributed by atoms with van der Waals surface area (Å²) in [5, 5.41) is 4.38. The van der Waals surface area contributed by atoms with E-state index >= 15 is 0 Å². The maximum absolute atomic E-state index is 12.4. The first-order chi connectivity index (χ1) is 18.6. The van der Waals surface area contributed by atoms with E-state index in [9.17, 15) is 25.9 Å². The van der Waals surface area contributed by atoms with Crippen molar-refractivity contribution in [1.82, 2.24) is 29.9 Å². The normalized spacial score (nSPS) is 14.7. The first kappa shape index (κ1) is 37.2. The molecular formula is C20H12Cl4N8Na2O6S2. The first-order valence-electron chi connectivity index (χ1n) is 10.5. The van der Waals surface area contributed by atoms with Gasteiger partial charge < -0.3 is 19.7 Å². The number of halogens is 4. The molecule has 0 aliphatic heterocycles. The zero-order valence-electron chi connectivity index (χ0n) is 21.3. The van der Waals surface area contributed by atoms with Crippen LogP contribution < -0.4 is 69.7 Å². The zero-order chi connectivity index (χ0) is 29.3. The average Bonchev–Trinajstić information content (AvgIpc) is 2.81. The van der Waals surface area contributed by atoms with E-state index in [2.05, 4.69) is 40.5 Å². The molecule has 14 nitrogen and oxygen atoms in total. The summed E-state index contributed by atoms with van der Waals surface area (Å²) in [6.45, 7) is 0. The molecule has 22 heteroatoms. The van der Waals surface area contributed by atoms with Crippen molar-refractivity contribution in [3.8, 4) is 0 Å². The van der Waals surface area contributed by atoms with Gasteiger partial charge in [-0.3, -0.25) is 0 Å². The van der Waals surface area contributed by atoms with Crippen LogP contribution in [0.25, 0.3) is 6.08 Å². The van der Waals surface area contributed by atoms with Gasteiger partial charge in [0.15, 0.2) is 0 Å². The minimum absolute atomic E-state index is 0. The molecule has 2 heterocycles. The number of allylic oxidation sites excluding steroid dienone is 3. The van der Waals surface area contributed by atoms with E-state index in [0.717, 1.165) is 6.07 Å². The van der Waals surface area contributed by atoms with Crippen LogP contribution in [0.15, 0.2) is 57.9 Å². The molecule has 0 amide bonds. The van der Waals surface area contributed by atoms with Crippen molar-refractivity contribution >= 4 is 84.6 Å². The smallest absolute Gasteiger partial charge is 0.744 e. The predicted molar refractivity (Wildman–Crippen MR) is 144 cm³/mol. The minimum atomic E-state index is -5.15. The topological polar surface area (TPSA) is 216 Å². The first-order valence-corrected chi connectivity index (χ1v) is 14.8. The van der Waals surface area contributed by atoms with E-state index < -0.39 is 42.1 Å². The Hall–Kier alpha value is -0.960. The molecule has 0 atom stereocenters. The largest absolute Gasteiger partial charge is 1.00 e. The van der Waals surface area contributed by atoms with Crippen LogP contribution in [0.4, 0.5) is 11.9 Å². The van der Waals surface area contributed by atoms with Gasteiger partial charge in [-0.25, -0.2) is 16.8 Å². The fourth-order valence-electron chi connectivity index (χ4n) is 3.51. The zero-order valence-corrected chi connectivity index (χ0v) is 29.9. The van der Waals surface area contributed by atoms with Gasteiger partial charge in [-0.1, -0.05) is 36.4 Å². The Kier molecular flexibility index (Phi) is 13.2. The molecule has 0 saturated heterocycles. The molecule has 42 heavy (non-hydrogen) atoms. The van der Waals surface area contributed by atoms with Gasteiger partial charge in [-0.05, 0) is 69.7 Å². The minimum Gasteiger partial charge on any atom is -0.744 e. The fourth-order valence-corrected chi connectivity index (χ4v) is 5.74. The van der Waals surface area contributed by atoms with Crippen molar-refractivity contribution in [1.29, 1.82) is 0 Å². The second-order valence-electron chi connectivity index (χ2n) is 7.78. The maximum atomic E-state index is 12.4. The molecule has 210 valence electrons. The van der Waals surface area contributed by atoms with Gasteiger partial charge in [0, 0.05) is 11.3 Å².